The summed E-state index contributed by atoms with van der Waals surface area (Å²) < 4.78 is 11.4. The summed E-state index contributed by atoms with van der Waals surface area (Å²) >= 11 is 0. The highest BCUT2D eigenvalue weighted by atomic mass is 16.5. The summed E-state index contributed by atoms with van der Waals surface area (Å²) in [5.41, 5.74) is 1.33. The molecular weight excluding hydrogens is 350 g/mol. The van der Waals surface area contributed by atoms with Crippen molar-refractivity contribution in [3.05, 3.63) is 54.1 Å². The first-order valence-electron chi connectivity index (χ1n) is 10.5. The maximum absolute atomic E-state index is 12.5. The molecule has 2 rings (SSSR count). The fourth-order valence-electron chi connectivity index (χ4n) is 2.80. The van der Waals surface area contributed by atoms with Gasteiger partial charge in [0, 0.05) is 17.3 Å². The van der Waals surface area contributed by atoms with Crippen molar-refractivity contribution >= 4 is 11.6 Å². The maximum Gasteiger partial charge on any atom is 0.255 e. The van der Waals surface area contributed by atoms with E-state index in [9.17, 15) is 4.79 Å². The van der Waals surface area contributed by atoms with Crippen LogP contribution in [0.3, 0.4) is 0 Å². The molecule has 0 radical (unpaired) electrons. The van der Waals surface area contributed by atoms with E-state index in [1.54, 1.807) is 12.1 Å². The first kappa shape index (κ1) is 21.8. The van der Waals surface area contributed by atoms with Crippen molar-refractivity contribution in [1.82, 2.24) is 0 Å². The number of unbranched alkanes of at least 4 members (excludes halogenated alkanes) is 5. The van der Waals surface area contributed by atoms with Gasteiger partial charge in [-0.15, -0.1) is 0 Å². The zero-order valence-electron chi connectivity index (χ0n) is 17.2. The minimum atomic E-state index is -0.142. The van der Waals surface area contributed by atoms with Gasteiger partial charge in [-0.05, 0) is 49.2 Å². The molecule has 0 spiro atoms. The number of amides is 1. The number of hydrogen-bond donors (Lipinski definition) is 1. The highest BCUT2D eigenvalue weighted by Crippen LogP contribution is 2.19. The Bertz CT molecular complexity index is 697. The van der Waals surface area contributed by atoms with Crippen molar-refractivity contribution in [2.24, 2.45) is 0 Å². The molecule has 2 aromatic carbocycles. The third-order valence-corrected chi connectivity index (χ3v) is 4.49. The van der Waals surface area contributed by atoms with Gasteiger partial charge >= 0.3 is 0 Å². The average molecular weight is 384 g/mol. The van der Waals surface area contributed by atoms with Gasteiger partial charge in [-0.1, -0.05) is 52.0 Å². The molecule has 0 aliphatic rings. The minimum absolute atomic E-state index is 0.142. The smallest absolute Gasteiger partial charge is 0.255 e. The molecule has 0 unspecified atom stereocenters. The van der Waals surface area contributed by atoms with E-state index in [-0.39, 0.29) is 5.91 Å². The molecule has 4 nitrogen and oxygen atoms in total. The first-order valence-corrected chi connectivity index (χ1v) is 10.5. The Kier molecular flexibility index (Phi) is 9.98. The van der Waals surface area contributed by atoms with E-state index in [1.807, 2.05) is 36.4 Å². The summed E-state index contributed by atoms with van der Waals surface area (Å²) in [6.45, 7) is 5.75. The highest BCUT2D eigenvalue weighted by molar-refractivity contribution is 6.04. The highest BCUT2D eigenvalue weighted by Gasteiger charge is 2.07. The Balaban J connectivity index is 1.80. The number of rotatable bonds is 13. The third kappa shape index (κ3) is 8.03. The quantitative estimate of drug-likeness (QED) is 0.403. The van der Waals surface area contributed by atoms with Crippen LogP contribution >= 0.6 is 0 Å². The van der Waals surface area contributed by atoms with Gasteiger partial charge in [-0.2, -0.15) is 0 Å². The van der Waals surface area contributed by atoms with Gasteiger partial charge in [0.05, 0.1) is 13.2 Å². The van der Waals surface area contributed by atoms with Crippen LogP contribution in [-0.4, -0.2) is 19.1 Å². The Morgan fingerprint density at radius 3 is 2.21 bits per heavy atom. The molecule has 4 heteroatoms. The summed E-state index contributed by atoms with van der Waals surface area (Å²) in [6, 6.07) is 14.8. The van der Waals surface area contributed by atoms with Crippen LogP contribution in [0.25, 0.3) is 0 Å². The standard InChI is InChI=1S/C24H33NO3/c1-3-5-7-8-9-18-27-22-15-13-20(14-16-22)24(26)25-21-11-10-12-23(19-21)28-17-6-4-2/h10-16,19H,3-9,17-18H2,1-2H3,(H,25,26). The zero-order chi connectivity index (χ0) is 20.0. The molecule has 0 aromatic heterocycles. The third-order valence-electron chi connectivity index (χ3n) is 4.49. The predicted molar refractivity (Wildman–Crippen MR) is 115 cm³/mol. The molecule has 28 heavy (non-hydrogen) atoms. The van der Waals surface area contributed by atoms with Gasteiger partial charge in [0.2, 0.25) is 0 Å². The van der Waals surface area contributed by atoms with Crippen LogP contribution in [0.4, 0.5) is 5.69 Å². The second kappa shape index (κ2) is 12.8. The molecule has 1 N–H and O–H groups in total. The van der Waals surface area contributed by atoms with Gasteiger partial charge < -0.3 is 14.8 Å². The molecule has 0 atom stereocenters. The number of anilines is 1. The van der Waals surface area contributed by atoms with Crippen molar-refractivity contribution in [2.45, 2.75) is 58.8 Å². The summed E-state index contributed by atoms with van der Waals surface area (Å²) in [5, 5.41) is 2.92. The Labute approximate surface area is 169 Å². The van der Waals surface area contributed by atoms with E-state index in [2.05, 4.69) is 19.2 Å². The molecule has 1 amide bonds. The number of nitrogens with one attached hydrogen (secondary N) is 1. The monoisotopic (exact) mass is 383 g/mol. The lowest BCUT2D eigenvalue weighted by Gasteiger charge is -2.10. The summed E-state index contributed by atoms with van der Waals surface area (Å²) in [6.07, 6.45) is 8.19. The Morgan fingerprint density at radius 1 is 0.786 bits per heavy atom. The molecule has 0 aliphatic carbocycles. The molecule has 152 valence electrons. The van der Waals surface area contributed by atoms with Gasteiger partial charge in [0.15, 0.2) is 0 Å². The van der Waals surface area contributed by atoms with E-state index in [1.165, 1.54) is 25.7 Å². The fourth-order valence-corrected chi connectivity index (χ4v) is 2.80. The normalized spacial score (nSPS) is 10.5. The maximum atomic E-state index is 12.5. The first-order chi connectivity index (χ1) is 13.7. The Hall–Kier alpha value is -2.49. The van der Waals surface area contributed by atoms with Gasteiger partial charge in [-0.25, -0.2) is 0 Å². The van der Waals surface area contributed by atoms with Crippen molar-refractivity contribution in [2.75, 3.05) is 18.5 Å². The number of carbonyl (C=O) groups excluding carboxylic acids is 1. The number of benzene rings is 2. The van der Waals surface area contributed by atoms with E-state index in [4.69, 9.17) is 9.47 Å². The lowest BCUT2D eigenvalue weighted by atomic mass is 10.1. The van der Waals surface area contributed by atoms with E-state index in [0.717, 1.165) is 43.1 Å². The number of hydrogen-bond acceptors (Lipinski definition) is 3. The van der Waals surface area contributed by atoms with Crippen molar-refractivity contribution in [3.8, 4) is 11.5 Å². The molecule has 0 saturated carbocycles. The molecule has 0 saturated heterocycles. The van der Waals surface area contributed by atoms with Gasteiger partial charge in [0.25, 0.3) is 5.91 Å². The van der Waals surface area contributed by atoms with Crippen LogP contribution in [0.5, 0.6) is 11.5 Å². The minimum Gasteiger partial charge on any atom is -0.494 e. The van der Waals surface area contributed by atoms with E-state index >= 15 is 0 Å². The van der Waals surface area contributed by atoms with Crippen LogP contribution in [0.2, 0.25) is 0 Å². The van der Waals surface area contributed by atoms with Crippen LogP contribution in [-0.2, 0) is 0 Å². The second-order valence-electron chi connectivity index (χ2n) is 6.97. The SMILES string of the molecule is CCCCCCCOc1ccc(C(=O)Nc2cccc(OCCCC)c2)cc1. The Morgan fingerprint density at radius 2 is 1.46 bits per heavy atom. The van der Waals surface area contributed by atoms with Crippen molar-refractivity contribution in [1.29, 1.82) is 0 Å². The largest absolute Gasteiger partial charge is 0.494 e. The van der Waals surface area contributed by atoms with Crippen LogP contribution in [0, 0.1) is 0 Å². The molecule has 0 bridgehead atoms. The lowest BCUT2D eigenvalue weighted by Crippen LogP contribution is -2.12. The van der Waals surface area contributed by atoms with E-state index in [0.29, 0.717) is 12.2 Å². The summed E-state index contributed by atoms with van der Waals surface area (Å²) in [4.78, 5) is 12.5. The van der Waals surface area contributed by atoms with Gasteiger partial charge in [-0.3, -0.25) is 4.79 Å². The lowest BCUT2D eigenvalue weighted by molar-refractivity contribution is 0.102. The zero-order valence-corrected chi connectivity index (χ0v) is 17.2. The molecule has 0 heterocycles. The average Bonchev–Trinajstić information content (AvgIpc) is 2.71. The van der Waals surface area contributed by atoms with Crippen LogP contribution < -0.4 is 14.8 Å². The van der Waals surface area contributed by atoms with Gasteiger partial charge in [0.1, 0.15) is 11.5 Å². The topological polar surface area (TPSA) is 47.6 Å². The van der Waals surface area contributed by atoms with E-state index < -0.39 is 0 Å². The second-order valence-corrected chi connectivity index (χ2v) is 6.97. The van der Waals surface area contributed by atoms with Crippen molar-refractivity contribution in [3.63, 3.8) is 0 Å². The predicted octanol–water partition coefficient (Wildman–Crippen LogP) is 6.47. The molecule has 0 aliphatic heterocycles. The summed E-state index contributed by atoms with van der Waals surface area (Å²) in [7, 11) is 0. The molecule has 2 aromatic rings. The van der Waals surface area contributed by atoms with Crippen molar-refractivity contribution < 1.29 is 14.3 Å². The molecule has 0 fully saturated rings. The fraction of sp³-hybridized carbons (Fsp3) is 0.458. The number of ether oxygens (including phenoxy) is 2. The molecular formula is C24H33NO3. The number of carbonyl (C=O) groups is 1. The van der Waals surface area contributed by atoms with Crippen LogP contribution in [0.1, 0.15) is 69.2 Å². The summed E-state index contributed by atoms with van der Waals surface area (Å²) in [5.74, 6) is 1.43. The van der Waals surface area contributed by atoms with Crippen LogP contribution in [0.15, 0.2) is 48.5 Å².